The summed E-state index contributed by atoms with van der Waals surface area (Å²) in [6, 6.07) is 25.7. The summed E-state index contributed by atoms with van der Waals surface area (Å²) in [6.45, 7) is 0.506. The molecule has 1 heterocycles. The molecule has 3 aromatic carbocycles. The minimum Gasteiger partial charge on any atom is -0.489 e. The molecule has 1 amide bonds. The molecule has 4 nitrogen and oxygen atoms in total. The number of benzene rings is 3. The van der Waals surface area contributed by atoms with Crippen molar-refractivity contribution in [3.05, 3.63) is 100 Å². The fourth-order valence-electron chi connectivity index (χ4n) is 2.86. The predicted molar refractivity (Wildman–Crippen MR) is 114 cm³/mol. The van der Waals surface area contributed by atoms with Gasteiger partial charge in [-0.25, -0.2) is 5.43 Å². The van der Waals surface area contributed by atoms with E-state index in [9.17, 15) is 4.79 Å². The highest BCUT2D eigenvalue weighted by molar-refractivity contribution is 7.12. The van der Waals surface area contributed by atoms with E-state index in [-0.39, 0.29) is 5.91 Å². The molecule has 4 rings (SSSR count). The Labute approximate surface area is 167 Å². The lowest BCUT2D eigenvalue weighted by Crippen LogP contribution is -2.16. The third-order valence-corrected chi connectivity index (χ3v) is 5.15. The third-order valence-electron chi connectivity index (χ3n) is 4.28. The molecule has 0 saturated heterocycles. The zero-order valence-electron chi connectivity index (χ0n) is 15.0. The van der Waals surface area contributed by atoms with Gasteiger partial charge in [0.2, 0.25) is 0 Å². The summed E-state index contributed by atoms with van der Waals surface area (Å²) in [7, 11) is 0. The number of nitrogens with zero attached hydrogens (tertiary/aromatic N) is 1. The number of hydrogen-bond donors (Lipinski definition) is 1. The number of ether oxygens (including phenoxy) is 1. The molecule has 0 unspecified atom stereocenters. The van der Waals surface area contributed by atoms with E-state index >= 15 is 0 Å². The standard InChI is InChI=1S/C23H18N2O2S/c26-23(22-9-4-14-28-22)25-24-15-17-10-12-20(13-11-17)27-16-19-7-3-6-18-5-1-2-8-21(18)19/h1-15H,16H2,(H,25,26)/b24-15-. The van der Waals surface area contributed by atoms with Crippen LogP contribution in [0.3, 0.4) is 0 Å². The van der Waals surface area contributed by atoms with Crippen LogP contribution in [0.1, 0.15) is 20.8 Å². The molecule has 0 spiro atoms. The number of hydrazone groups is 1. The highest BCUT2D eigenvalue weighted by Crippen LogP contribution is 2.21. The number of rotatable bonds is 6. The Kier molecular flexibility index (Phi) is 5.45. The number of amides is 1. The molecule has 138 valence electrons. The summed E-state index contributed by atoms with van der Waals surface area (Å²) < 4.78 is 5.93. The average molecular weight is 386 g/mol. The molecule has 0 atom stereocenters. The van der Waals surface area contributed by atoms with Crippen molar-refractivity contribution in [1.29, 1.82) is 0 Å². The van der Waals surface area contributed by atoms with Gasteiger partial charge in [-0.1, -0.05) is 48.5 Å². The van der Waals surface area contributed by atoms with Crippen LogP contribution in [0.15, 0.2) is 89.3 Å². The van der Waals surface area contributed by atoms with Crippen molar-refractivity contribution < 1.29 is 9.53 Å². The van der Waals surface area contributed by atoms with Crippen molar-refractivity contribution >= 4 is 34.2 Å². The summed E-state index contributed by atoms with van der Waals surface area (Å²) in [4.78, 5) is 12.5. The van der Waals surface area contributed by atoms with Crippen LogP contribution in [0.25, 0.3) is 10.8 Å². The molecule has 0 saturated carbocycles. The molecule has 0 aliphatic carbocycles. The monoisotopic (exact) mass is 386 g/mol. The zero-order valence-corrected chi connectivity index (χ0v) is 15.9. The largest absolute Gasteiger partial charge is 0.489 e. The van der Waals surface area contributed by atoms with Crippen molar-refractivity contribution in [3.8, 4) is 5.75 Å². The maximum atomic E-state index is 11.8. The van der Waals surface area contributed by atoms with Crippen LogP contribution in [0.5, 0.6) is 5.75 Å². The fraction of sp³-hybridized carbons (Fsp3) is 0.0435. The molecule has 28 heavy (non-hydrogen) atoms. The first kappa shape index (κ1) is 17.9. The SMILES string of the molecule is O=C(N/N=C\c1ccc(OCc2cccc3ccccc23)cc1)c1cccs1. The molecule has 0 aliphatic rings. The molecule has 4 aromatic rings. The second kappa shape index (κ2) is 8.50. The smallest absolute Gasteiger partial charge is 0.281 e. The van der Waals surface area contributed by atoms with Crippen molar-refractivity contribution in [2.24, 2.45) is 5.10 Å². The van der Waals surface area contributed by atoms with E-state index in [1.165, 1.54) is 22.1 Å². The van der Waals surface area contributed by atoms with Gasteiger partial charge in [-0.2, -0.15) is 5.10 Å². The highest BCUT2D eigenvalue weighted by atomic mass is 32.1. The maximum absolute atomic E-state index is 11.8. The third kappa shape index (κ3) is 4.27. The van der Waals surface area contributed by atoms with E-state index in [1.807, 2.05) is 53.9 Å². The van der Waals surface area contributed by atoms with Gasteiger partial charge in [-0.3, -0.25) is 4.79 Å². The lowest BCUT2D eigenvalue weighted by atomic mass is 10.1. The van der Waals surface area contributed by atoms with Crippen LogP contribution in [0, 0.1) is 0 Å². The van der Waals surface area contributed by atoms with Gasteiger partial charge in [-0.15, -0.1) is 11.3 Å². The second-order valence-corrected chi connectivity index (χ2v) is 7.12. The Hall–Kier alpha value is -3.44. The Morgan fingerprint density at radius 1 is 0.964 bits per heavy atom. The minimum atomic E-state index is -0.207. The zero-order chi connectivity index (χ0) is 19.2. The van der Waals surface area contributed by atoms with E-state index in [0.717, 1.165) is 16.9 Å². The van der Waals surface area contributed by atoms with Crippen LogP contribution in [0.4, 0.5) is 0 Å². The first-order chi connectivity index (χ1) is 13.8. The van der Waals surface area contributed by atoms with Crippen molar-refractivity contribution in [2.75, 3.05) is 0 Å². The second-order valence-electron chi connectivity index (χ2n) is 6.17. The molecule has 1 aromatic heterocycles. The summed E-state index contributed by atoms with van der Waals surface area (Å²) in [5.41, 5.74) is 4.55. The Morgan fingerprint density at radius 3 is 2.61 bits per heavy atom. The van der Waals surface area contributed by atoms with Crippen LogP contribution in [-0.4, -0.2) is 12.1 Å². The van der Waals surface area contributed by atoms with Gasteiger partial charge < -0.3 is 4.74 Å². The Morgan fingerprint density at radius 2 is 1.79 bits per heavy atom. The van der Waals surface area contributed by atoms with E-state index in [1.54, 1.807) is 12.3 Å². The van der Waals surface area contributed by atoms with Gasteiger partial charge in [0.15, 0.2) is 0 Å². The molecular weight excluding hydrogens is 368 g/mol. The molecule has 1 N–H and O–H groups in total. The average Bonchev–Trinajstić information content (AvgIpc) is 3.28. The first-order valence-corrected chi connectivity index (χ1v) is 9.74. The molecule has 0 aliphatic heterocycles. The molecule has 0 bridgehead atoms. The van der Waals surface area contributed by atoms with Crippen molar-refractivity contribution in [2.45, 2.75) is 6.61 Å². The van der Waals surface area contributed by atoms with Gasteiger partial charge in [-0.05, 0) is 57.6 Å². The minimum absolute atomic E-state index is 0.207. The summed E-state index contributed by atoms with van der Waals surface area (Å²) >= 11 is 1.38. The van der Waals surface area contributed by atoms with Gasteiger partial charge in [0.1, 0.15) is 12.4 Å². The van der Waals surface area contributed by atoms with Gasteiger partial charge in [0.25, 0.3) is 5.91 Å². The van der Waals surface area contributed by atoms with Gasteiger partial charge >= 0.3 is 0 Å². The van der Waals surface area contributed by atoms with Crippen LogP contribution >= 0.6 is 11.3 Å². The molecular formula is C23H18N2O2S. The van der Waals surface area contributed by atoms with E-state index in [2.05, 4.69) is 34.8 Å². The lowest BCUT2D eigenvalue weighted by Gasteiger charge is -2.09. The Balaban J connectivity index is 1.35. The van der Waals surface area contributed by atoms with E-state index < -0.39 is 0 Å². The van der Waals surface area contributed by atoms with Crippen LogP contribution in [-0.2, 0) is 6.61 Å². The molecule has 0 radical (unpaired) electrons. The van der Waals surface area contributed by atoms with Crippen molar-refractivity contribution in [3.63, 3.8) is 0 Å². The Bertz CT molecular complexity index is 1100. The number of carbonyl (C=O) groups excluding carboxylic acids is 1. The fourth-order valence-corrected chi connectivity index (χ4v) is 3.47. The first-order valence-electron chi connectivity index (χ1n) is 8.86. The maximum Gasteiger partial charge on any atom is 0.281 e. The quantitative estimate of drug-likeness (QED) is 0.364. The number of carbonyl (C=O) groups is 1. The van der Waals surface area contributed by atoms with Gasteiger partial charge in [0, 0.05) is 0 Å². The number of hydrogen-bond acceptors (Lipinski definition) is 4. The summed E-state index contributed by atoms with van der Waals surface area (Å²) in [6.07, 6.45) is 1.61. The normalized spacial score (nSPS) is 11.0. The number of fused-ring (bicyclic) bond motifs is 1. The summed E-state index contributed by atoms with van der Waals surface area (Å²) in [5.74, 6) is 0.578. The van der Waals surface area contributed by atoms with Crippen molar-refractivity contribution in [1.82, 2.24) is 5.43 Å². The molecule has 5 heteroatoms. The van der Waals surface area contributed by atoms with E-state index in [4.69, 9.17) is 4.74 Å². The van der Waals surface area contributed by atoms with E-state index in [0.29, 0.717) is 11.5 Å². The number of nitrogens with one attached hydrogen (secondary N) is 1. The highest BCUT2D eigenvalue weighted by Gasteiger charge is 2.04. The predicted octanol–water partition coefficient (Wildman–Crippen LogP) is 5.24. The van der Waals surface area contributed by atoms with Gasteiger partial charge in [0.05, 0.1) is 11.1 Å². The van der Waals surface area contributed by atoms with Crippen LogP contribution < -0.4 is 10.2 Å². The van der Waals surface area contributed by atoms with Crippen LogP contribution in [0.2, 0.25) is 0 Å². The topological polar surface area (TPSA) is 50.7 Å². The summed E-state index contributed by atoms with van der Waals surface area (Å²) in [5, 5.41) is 8.26. The number of thiophene rings is 1. The lowest BCUT2D eigenvalue weighted by molar-refractivity contribution is 0.0959. The molecule has 0 fully saturated rings.